The van der Waals surface area contributed by atoms with Crippen molar-refractivity contribution in [3.05, 3.63) is 52.0 Å². The number of hydrogen-bond acceptors (Lipinski definition) is 3. The molecule has 1 heterocycles. The topological polar surface area (TPSA) is 34.2 Å². The fourth-order valence-corrected chi connectivity index (χ4v) is 1.89. The van der Waals surface area contributed by atoms with Gasteiger partial charge in [-0.05, 0) is 6.07 Å². The second kappa shape index (κ2) is 5.97. The number of benzene rings is 1. The molecule has 1 N–H and O–H groups in total. The number of aromatic nitrogens is 1. The van der Waals surface area contributed by atoms with E-state index in [2.05, 4.69) is 26.2 Å². The van der Waals surface area contributed by atoms with Crippen molar-refractivity contribution in [1.29, 1.82) is 0 Å². The van der Waals surface area contributed by atoms with Crippen LogP contribution in [0.3, 0.4) is 0 Å². The van der Waals surface area contributed by atoms with E-state index in [0.717, 1.165) is 16.1 Å². The molecule has 1 aromatic heterocycles. The van der Waals surface area contributed by atoms with Crippen LogP contribution in [0.5, 0.6) is 5.88 Å². The third-order valence-electron chi connectivity index (χ3n) is 2.46. The Bertz CT molecular complexity index is 593. The SMILES string of the molecule is CNc1nc(OCc2ccccc2Br)c(F)cc1F. The first-order chi connectivity index (χ1) is 9.11. The van der Waals surface area contributed by atoms with Gasteiger partial charge in [-0.25, -0.2) is 8.78 Å². The van der Waals surface area contributed by atoms with Crippen LogP contribution in [-0.2, 0) is 6.61 Å². The molecule has 0 amide bonds. The molecule has 0 saturated heterocycles. The molecule has 0 spiro atoms. The maximum Gasteiger partial charge on any atom is 0.252 e. The van der Waals surface area contributed by atoms with Crippen LogP contribution in [0.15, 0.2) is 34.8 Å². The molecule has 0 fully saturated rings. The molecule has 0 bridgehead atoms. The highest BCUT2D eigenvalue weighted by Gasteiger charge is 2.12. The number of rotatable bonds is 4. The molecule has 0 atom stereocenters. The lowest BCUT2D eigenvalue weighted by atomic mass is 10.2. The number of nitrogens with zero attached hydrogens (tertiary/aromatic N) is 1. The van der Waals surface area contributed by atoms with Gasteiger partial charge < -0.3 is 10.1 Å². The predicted molar refractivity (Wildman–Crippen MR) is 72.2 cm³/mol. The molecule has 2 rings (SSSR count). The summed E-state index contributed by atoms with van der Waals surface area (Å²) in [7, 11) is 1.50. The zero-order chi connectivity index (χ0) is 13.8. The molecular weight excluding hydrogens is 318 g/mol. The van der Waals surface area contributed by atoms with Crippen LogP contribution in [0.25, 0.3) is 0 Å². The third-order valence-corrected chi connectivity index (χ3v) is 3.23. The lowest BCUT2D eigenvalue weighted by molar-refractivity contribution is 0.276. The van der Waals surface area contributed by atoms with E-state index in [4.69, 9.17) is 4.74 Å². The first-order valence-electron chi connectivity index (χ1n) is 5.52. The minimum atomic E-state index is -0.830. The van der Waals surface area contributed by atoms with Crippen molar-refractivity contribution in [3.8, 4) is 5.88 Å². The van der Waals surface area contributed by atoms with E-state index >= 15 is 0 Å². The van der Waals surface area contributed by atoms with E-state index in [-0.39, 0.29) is 18.3 Å². The van der Waals surface area contributed by atoms with Gasteiger partial charge in [-0.15, -0.1) is 0 Å². The molecular formula is C13H11BrF2N2O. The molecule has 0 unspecified atom stereocenters. The van der Waals surface area contributed by atoms with Gasteiger partial charge in [0.25, 0.3) is 5.88 Å². The Morgan fingerprint density at radius 3 is 2.68 bits per heavy atom. The normalized spacial score (nSPS) is 10.3. The molecule has 19 heavy (non-hydrogen) atoms. The Morgan fingerprint density at radius 2 is 2.00 bits per heavy atom. The van der Waals surface area contributed by atoms with Crippen LogP contribution in [0.1, 0.15) is 5.56 Å². The van der Waals surface area contributed by atoms with Gasteiger partial charge in [0, 0.05) is 23.2 Å². The summed E-state index contributed by atoms with van der Waals surface area (Å²) in [4.78, 5) is 3.74. The maximum atomic E-state index is 13.5. The van der Waals surface area contributed by atoms with Crippen molar-refractivity contribution >= 4 is 21.7 Å². The van der Waals surface area contributed by atoms with Crippen LogP contribution in [0.2, 0.25) is 0 Å². The summed E-state index contributed by atoms with van der Waals surface area (Å²) < 4.78 is 32.9. The summed E-state index contributed by atoms with van der Waals surface area (Å²) >= 11 is 3.36. The minimum Gasteiger partial charge on any atom is -0.471 e. The Morgan fingerprint density at radius 1 is 1.26 bits per heavy atom. The number of pyridine rings is 1. The number of ether oxygens (including phenoxy) is 1. The van der Waals surface area contributed by atoms with E-state index in [1.54, 1.807) is 0 Å². The summed E-state index contributed by atoms with van der Waals surface area (Å²) in [6.07, 6.45) is 0. The number of hydrogen-bond donors (Lipinski definition) is 1. The molecule has 1 aromatic carbocycles. The van der Waals surface area contributed by atoms with Crippen molar-refractivity contribution in [3.63, 3.8) is 0 Å². The molecule has 6 heteroatoms. The van der Waals surface area contributed by atoms with Gasteiger partial charge in [0.15, 0.2) is 17.5 Å². The molecule has 0 radical (unpaired) electrons. The first-order valence-corrected chi connectivity index (χ1v) is 6.31. The quantitative estimate of drug-likeness (QED) is 0.928. The van der Waals surface area contributed by atoms with Gasteiger partial charge >= 0.3 is 0 Å². The maximum absolute atomic E-state index is 13.5. The highest BCUT2D eigenvalue weighted by molar-refractivity contribution is 9.10. The fourth-order valence-electron chi connectivity index (χ4n) is 1.49. The van der Waals surface area contributed by atoms with Crippen molar-refractivity contribution in [2.75, 3.05) is 12.4 Å². The average Bonchev–Trinajstić information content (AvgIpc) is 2.39. The highest BCUT2D eigenvalue weighted by atomic mass is 79.9. The molecule has 3 nitrogen and oxygen atoms in total. The monoisotopic (exact) mass is 328 g/mol. The second-order valence-electron chi connectivity index (χ2n) is 3.74. The second-order valence-corrected chi connectivity index (χ2v) is 4.59. The number of nitrogens with one attached hydrogen (secondary N) is 1. The molecule has 100 valence electrons. The Balaban J connectivity index is 2.18. The fraction of sp³-hybridized carbons (Fsp3) is 0.154. The van der Waals surface area contributed by atoms with Crippen LogP contribution < -0.4 is 10.1 Å². The highest BCUT2D eigenvalue weighted by Crippen LogP contribution is 2.23. The van der Waals surface area contributed by atoms with Crippen LogP contribution in [0.4, 0.5) is 14.6 Å². The predicted octanol–water partition coefficient (Wildman–Crippen LogP) is 3.74. The van der Waals surface area contributed by atoms with Crippen molar-refractivity contribution in [1.82, 2.24) is 4.98 Å². The molecule has 2 aromatic rings. The van der Waals surface area contributed by atoms with Crippen LogP contribution in [-0.4, -0.2) is 12.0 Å². The smallest absolute Gasteiger partial charge is 0.252 e. The summed E-state index contributed by atoms with van der Waals surface area (Å²) in [5.41, 5.74) is 0.846. The first kappa shape index (κ1) is 13.7. The third kappa shape index (κ3) is 3.20. The van der Waals surface area contributed by atoms with E-state index in [9.17, 15) is 8.78 Å². The van der Waals surface area contributed by atoms with Crippen LogP contribution in [0, 0.1) is 11.6 Å². The summed E-state index contributed by atoms with van der Waals surface area (Å²) in [5.74, 6) is -1.87. The Hall–Kier alpha value is -1.69. The summed E-state index contributed by atoms with van der Waals surface area (Å²) in [6.45, 7) is 0.139. The summed E-state index contributed by atoms with van der Waals surface area (Å²) in [5, 5.41) is 2.53. The van der Waals surface area contributed by atoms with Gasteiger partial charge in [0.1, 0.15) is 6.61 Å². The van der Waals surface area contributed by atoms with E-state index in [1.165, 1.54) is 7.05 Å². The molecule has 0 aliphatic heterocycles. The zero-order valence-corrected chi connectivity index (χ0v) is 11.7. The largest absolute Gasteiger partial charge is 0.471 e. The zero-order valence-electron chi connectivity index (χ0n) is 10.1. The lowest BCUT2D eigenvalue weighted by Gasteiger charge is -2.09. The van der Waals surface area contributed by atoms with E-state index in [1.807, 2.05) is 24.3 Å². The number of halogens is 3. The van der Waals surface area contributed by atoms with Gasteiger partial charge in [0.2, 0.25) is 0 Å². The Kier molecular flexibility index (Phi) is 4.31. The average molecular weight is 329 g/mol. The van der Waals surface area contributed by atoms with E-state index < -0.39 is 11.6 Å². The molecule has 0 aliphatic rings. The lowest BCUT2D eigenvalue weighted by Crippen LogP contribution is -2.04. The van der Waals surface area contributed by atoms with Gasteiger partial charge in [-0.2, -0.15) is 4.98 Å². The summed E-state index contributed by atoms with van der Waals surface area (Å²) in [6, 6.07) is 8.14. The standard InChI is InChI=1S/C13H11BrF2N2O/c1-17-12-10(15)6-11(16)13(18-12)19-7-8-4-2-3-5-9(8)14/h2-6H,7H2,1H3,(H,17,18). The Labute approximate surface area is 117 Å². The van der Waals surface area contributed by atoms with Crippen molar-refractivity contribution < 1.29 is 13.5 Å². The van der Waals surface area contributed by atoms with Gasteiger partial charge in [-0.3, -0.25) is 0 Å². The van der Waals surface area contributed by atoms with Gasteiger partial charge in [-0.1, -0.05) is 34.1 Å². The molecule has 0 saturated carbocycles. The van der Waals surface area contributed by atoms with Crippen LogP contribution >= 0.6 is 15.9 Å². The number of anilines is 1. The van der Waals surface area contributed by atoms with E-state index in [0.29, 0.717) is 0 Å². The van der Waals surface area contributed by atoms with Crippen molar-refractivity contribution in [2.24, 2.45) is 0 Å². The van der Waals surface area contributed by atoms with Gasteiger partial charge in [0.05, 0.1) is 0 Å². The van der Waals surface area contributed by atoms with Crippen molar-refractivity contribution in [2.45, 2.75) is 6.61 Å². The molecule has 0 aliphatic carbocycles. The minimum absolute atomic E-state index is 0.0523.